The Bertz CT molecular complexity index is 310. The number of aryl methyl sites for hydroxylation is 1. The second-order valence-corrected chi connectivity index (χ2v) is 4.75. The first-order chi connectivity index (χ1) is 6.69. The summed E-state index contributed by atoms with van der Waals surface area (Å²) >= 11 is 0. The second kappa shape index (κ2) is 3.41. The van der Waals surface area contributed by atoms with E-state index >= 15 is 0 Å². The van der Waals surface area contributed by atoms with Gasteiger partial charge < -0.3 is 0 Å². The van der Waals surface area contributed by atoms with E-state index in [1.54, 1.807) is 0 Å². The Morgan fingerprint density at radius 2 is 2.29 bits per heavy atom. The van der Waals surface area contributed by atoms with Crippen LogP contribution in [0.2, 0.25) is 0 Å². The van der Waals surface area contributed by atoms with Gasteiger partial charge in [0.05, 0.1) is 6.20 Å². The van der Waals surface area contributed by atoms with Crippen molar-refractivity contribution in [1.29, 1.82) is 0 Å². The molecule has 1 heterocycles. The van der Waals surface area contributed by atoms with Crippen molar-refractivity contribution in [1.82, 2.24) is 9.78 Å². The fourth-order valence-electron chi connectivity index (χ4n) is 2.59. The lowest BCUT2D eigenvalue weighted by Crippen LogP contribution is -2.16. The first kappa shape index (κ1) is 9.75. The molecule has 0 aliphatic heterocycles. The van der Waals surface area contributed by atoms with E-state index in [1.807, 2.05) is 11.7 Å². The standard InChI is InChI=1S/C12H20N2/c1-4-5-10(2)12(6-7-12)11-8-13-14(3)9-11/h8-10H,4-7H2,1-3H3. The number of nitrogens with zero attached hydrogens (tertiary/aromatic N) is 2. The van der Waals surface area contributed by atoms with Crippen LogP contribution in [0.15, 0.2) is 12.4 Å². The predicted octanol–water partition coefficient (Wildman–Crippen LogP) is 2.89. The van der Waals surface area contributed by atoms with Crippen molar-refractivity contribution in [2.24, 2.45) is 13.0 Å². The van der Waals surface area contributed by atoms with E-state index in [2.05, 4.69) is 31.3 Å². The van der Waals surface area contributed by atoms with Gasteiger partial charge in [-0.25, -0.2) is 0 Å². The molecule has 1 aromatic rings. The molecule has 2 heteroatoms. The zero-order chi connectivity index (χ0) is 10.2. The van der Waals surface area contributed by atoms with Crippen molar-refractivity contribution in [3.8, 4) is 0 Å². The molecule has 14 heavy (non-hydrogen) atoms. The van der Waals surface area contributed by atoms with Gasteiger partial charge in [-0.1, -0.05) is 26.7 Å². The van der Waals surface area contributed by atoms with Crippen molar-refractivity contribution in [2.45, 2.75) is 44.9 Å². The highest BCUT2D eigenvalue weighted by molar-refractivity contribution is 5.28. The Hall–Kier alpha value is -0.790. The van der Waals surface area contributed by atoms with E-state index in [4.69, 9.17) is 0 Å². The van der Waals surface area contributed by atoms with Crippen LogP contribution in [0.25, 0.3) is 0 Å². The molecular formula is C12H20N2. The van der Waals surface area contributed by atoms with Crippen LogP contribution in [0.1, 0.15) is 45.1 Å². The third-order valence-electron chi connectivity index (χ3n) is 3.73. The normalized spacial score (nSPS) is 20.8. The zero-order valence-corrected chi connectivity index (χ0v) is 9.45. The van der Waals surface area contributed by atoms with Crippen LogP contribution in [-0.4, -0.2) is 9.78 Å². The molecule has 1 saturated carbocycles. The van der Waals surface area contributed by atoms with Gasteiger partial charge in [-0.3, -0.25) is 4.68 Å². The average molecular weight is 192 g/mol. The molecule has 0 amide bonds. The average Bonchev–Trinajstić information content (AvgIpc) is 2.85. The minimum atomic E-state index is 0.490. The molecule has 1 fully saturated rings. The Balaban J connectivity index is 2.16. The summed E-state index contributed by atoms with van der Waals surface area (Å²) in [6, 6.07) is 0. The molecule has 0 bridgehead atoms. The molecule has 0 N–H and O–H groups in total. The molecule has 1 atom stereocenters. The summed E-state index contributed by atoms with van der Waals surface area (Å²) < 4.78 is 1.92. The highest BCUT2D eigenvalue weighted by Gasteiger charge is 2.48. The number of hydrogen-bond acceptors (Lipinski definition) is 1. The summed E-state index contributed by atoms with van der Waals surface area (Å²) in [7, 11) is 2.00. The summed E-state index contributed by atoms with van der Waals surface area (Å²) in [6.07, 6.45) is 9.61. The number of rotatable bonds is 4. The van der Waals surface area contributed by atoms with Gasteiger partial charge in [0.15, 0.2) is 0 Å². The molecule has 0 aromatic carbocycles. The number of aromatic nitrogens is 2. The van der Waals surface area contributed by atoms with Crippen LogP contribution < -0.4 is 0 Å². The highest BCUT2D eigenvalue weighted by atomic mass is 15.2. The van der Waals surface area contributed by atoms with Gasteiger partial charge in [-0.2, -0.15) is 5.10 Å². The van der Waals surface area contributed by atoms with Gasteiger partial charge in [-0.05, 0) is 24.3 Å². The quantitative estimate of drug-likeness (QED) is 0.717. The number of hydrogen-bond donors (Lipinski definition) is 0. The summed E-state index contributed by atoms with van der Waals surface area (Å²) in [5.41, 5.74) is 1.95. The van der Waals surface area contributed by atoms with Crippen LogP contribution >= 0.6 is 0 Å². The van der Waals surface area contributed by atoms with Crippen LogP contribution in [0.4, 0.5) is 0 Å². The van der Waals surface area contributed by atoms with Crippen molar-refractivity contribution < 1.29 is 0 Å². The smallest absolute Gasteiger partial charge is 0.0527 e. The van der Waals surface area contributed by atoms with E-state index in [9.17, 15) is 0 Å². The zero-order valence-electron chi connectivity index (χ0n) is 9.45. The van der Waals surface area contributed by atoms with E-state index < -0.39 is 0 Å². The molecule has 1 aliphatic carbocycles. The minimum absolute atomic E-state index is 0.490. The first-order valence-electron chi connectivity index (χ1n) is 5.68. The van der Waals surface area contributed by atoms with Gasteiger partial charge in [0, 0.05) is 18.7 Å². The molecule has 0 radical (unpaired) electrons. The predicted molar refractivity (Wildman–Crippen MR) is 58.2 cm³/mol. The summed E-state index contributed by atoms with van der Waals surface area (Å²) in [6.45, 7) is 4.67. The monoisotopic (exact) mass is 192 g/mol. The third-order valence-corrected chi connectivity index (χ3v) is 3.73. The SMILES string of the molecule is CCCC(C)C1(c2cnn(C)c2)CC1. The van der Waals surface area contributed by atoms with Crippen LogP contribution in [0.5, 0.6) is 0 Å². The third kappa shape index (κ3) is 1.47. The van der Waals surface area contributed by atoms with E-state index in [1.165, 1.54) is 31.2 Å². The Morgan fingerprint density at radius 3 is 2.71 bits per heavy atom. The second-order valence-electron chi connectivity index (χ2n) is 4.75. The minimum Gasteiger partial charge on any atom is -0.276 e. The lowest BCUT2D eigenvalue weighted by Gasteiger charge is -2.21. The molecule has 0 saturated heterocycles. The lowest BCUT2D eigenvalue weighted by atomic mass is 9.83. The molecule has 78 valence electrons. The molecule has 0 spiro atoms. The molecular weight excluding hydrogens is 172 g/mol. The van der Waals surface area contributed by atoms with Crippen molar-refractivity contribution >= 4 is 0 Å². The van der Waals surface area contributed by atoms with E-state index in [-0.39, 0.29) is 0 Å². The van der Waals surface area contributed by atoms with Gasteiger partial charge in [0.2, 0.25) is 0 Å². The van der Waals surface area contributed by atoms with E-state index in [0.717, 1.165) is 5.92 Å². The molecule has 1 aliphatic rings. The van der Waals surface area contributed by atoms with Crippen molar-refractivity contribution in [3.05, 3.63) is 18.0 Å². The van der Waals surface area contributed by atoms with Crippen LogP contribution in [0.3, 0.4) is 0 Å². The topological polar surface area (TPSA) is 17.8 Å². The van der Waals surface area contributed by atoms with Crippen molar-refractivity contribution in [2.75, 3.05) is 0 Å². The van der Waals surface area contributed by atoms with Crippen molar-refractivity contribution in [3.63, 3.8) is 0 Å². The summed E-state index contributed by atoms with van der Waals surface area (Å²) in [5.74, 6) is 0.816. The van der Waals surface area contributed by atoms with E-state index in [0.29, 0.717) is 5.41 Å². The Kier molecular flexibility index (Phi) is 2.38. The fraction of sp³-hybridized carbons (Fsp3) is 0.750. The Labute approximate surface area is 86.3 Å². The fourth-order valence-corrected chi connectivity index (χ4v) is 2.59. The van der Waals surface area contributed by atoms with Crippen LogP contribution in [0, 0.1) is 5.92 Å². The molecule has 2 nitrogen and oxygen atoms in total. The first-order valence-corrected chi connectivity index (χ1v) is 5.68. The van der Waals surface area contributed by atoms with Gasteiger partial charge in [0.1, 0.15) is 0 Å². The summed E-state index contributed by atoms with van der Waals surface area (Å²) in [5, 5.41) is 4.28. The maximum Gasteiger partial charge on any atom is 0.0527 e. The maximum absolute atomic E-state index is 4.28. The van der Waals surface area contributed by atoms with Gasteiger partial charge in [-0.15, -0.1) is 0 Å². The molecule has 2 rings (SSSR count). The van der Waals surface area contributed by atoms with Gasteiger partial charge >= 0.3 is 0 Å². The largest absolute Gasteiger partial charge is 0.276 e. The molecule has 1 aromatic heterocycles. The lowest BCUT2D eigenvalue weighted by molar-refractivity contribution is 0.406. The Morgan fingerprint density at radius 1 is 1.57 bits per heavy atom. The maximum atomic E-state index is 4.28. The summed E-state index contributed by atoms with van der Waals surface area (Å²) in [4.78, 5) is 0. The molecule has 1 unspecified atom stereocenters. The van der Waals surface area contributed by atoms with Gasteiger partial charge in [0.25, 0.3) is 0 Å². The van der Waals surface area contributed by atoms with Crippen LogP contribution in [-0.2, 0) is 12.5 Å². The highest BCUT2D eigenvalue weighted by Crippen LogP contribution is 2.54.